The molecule has 0 saturated carbocycles. The van der Waals surface area contributed by atoms with Crippen LogP contribution in [0.3, 0.4) is 0 Å². The molecule has 2 heterocycles. The molecule has 1 fully saturated rings. The van der Waals surface area contributed by atoms with Gasteiger partial charge in [-0.3, -0.25) is 4.79 Å². The highest BCUT2D eigenvalue weighted by Gasteiger charge is 2.28. The Morgan fingerprint density at radius 3 is 3.00 bits per heavy atom. The number of hydrogen-bond acceptors (Lipinski definition) is 6. The first-order valence-corrected chi connectivity index (χ1v) is 9.16. The van der Waals surface area contributed by atoms with Crippen LogP contribution in [0.5, 0.6) is 0 Å². The summed E-state index contributed by atoms with van der Waals surface area (Å²) in [5.74, 6) is 1.81. The van der Waals surface area contributed by atoms with Crippen molar-refractivity contribution in [1.29, 1.82) is 0 Å². The van der Waals surface area contributed by atoms with Crippen molar-refractivity contribution in [3.63, 3.8) is 0 Å². The molecule has 0 radical (unpaired) electrons. The van der Waals surface area contributed by atoms with Crippen molar-refractivity contribution in [2.45, 2.75) is 36.1 Å². The smallest absolute Gasteiger partial charge is 0.251 e. The highest BCUT2D eigenvalue weighted by Crippen LogP contribution is 2.42. The fourth-order valence-electron chi connectivity index (χ4n) is 2.09. The summed E-state index contributed by atoms with van der Waals surface area (Å²) in [6.07, 6.45) is 0. The first-order chi connectivity index (χ1) is 10.1. The van der Waals surface area contributed by atoms with E-state index < -0.39 is 0 Å². The van der Waals surface area contributed by atoms with Crippen LogP contribution >= 0.6 is 23.5 Å². The molecule has 1 aliphatic heterocycles. The molecular formula is C14H23N3O2S2. The van der Waals surface area contributed by atoms with Gasteiger partial charge in [0.15, 0.2) is 0 Å². The predicted molar refractivity (Wildman–Crippen MR) is 90.2 cm³/mol. The van der Waals surface area contributed by atoms with Gasteiger partial charge in [0.2, 0.25) is 0 Å². The fourth-order valence-corrected chi connectivity index (χ4v) is 4.95. The molecule has 1 saturated heterocycles. The zero-order chi connectivity index (χ0) is 15.2. The van der Waals surface area contributed by atoms with Gasteiger partial charge in [0, 0.05) is 42.5 Å². The number of H-pyrrole nitrogens is 1. The molecule has 0 aliphatic carbocycles. The molecule has 3 unspecified atom stereocenters. The SMILES string of the molecule is COCCNCc1cc(=O)[nH]c(C2CSC(C)C(C)S2)n1. The van der Waals surface area contributed by atoms with Crippen LogP contribution in [0.4, 0.5) is 0 Å². The Kier molecular flexibility index (Phi) is 6.60. The number of methoxy groups -OCH3 is 1. The van der Waals surface area contributed by atoms with Crippen LogP contribution in [0.2, 0.25) is 0 Å². The number of nitrogens with one attached hydrogen (secondary N) is 2. The molecule has 1 aliphatic rings. The van der Waals surface area contributed by atoms with Gasteiger partial charge >= 0.3 is 0 Å². The Hall–Kier alpha value is -0.500. The summed E-state index contributed by atoms with van der Waals surface area (Å²) in [7, 11) is 1.67. The highest BCUT2D eigenvalue weighted by molar-refractivity contribution is 8.07. The summed E-state index contributed by atoms with van der Waals surface area (Å²) in [4.78, 5) is 19.3. The molecule has 7 heteroatoms. The minimum atomic E-state index is -0.0691. The number of aromatic amines is 1. The third kappa shape index (κ3) is 5.02. The van der Waals surface area contributed by atoms with E-state index in [2.05, 4.69) is 29.1 Å². The largest absolute Gasteiger partial charge is 0.383 e. The number of ether oxygens (including phenoxy) is 1. The number of nitrogens with zero attached hydrogens (tertiary/aromatic N) is 1. The maximum atomic E-state index is 11.8. The van der Waals surface area contributed by atoms with E-state index in [-0.39, 0.29) is 10.8 Å². The van der Waals surface area contributed by atoms with Crippen LogP contribution in [0.25, 0.3) is 0 Å². The van der Waals surface area contributed by atoms with Crippen LogP contribution in [0.15, 0.2) is 10.9 Å². The van der Waals surface area contributed by atoms with Crippen molar-refractivity contribution in [3.05, 3.63) is 27.9 Å². The summed E-state index contributed by atoms with van der Waals surface area (Å²) in [6, 6.07) is 1.57. The molecule has 1 aromatic rings. The maximum absolute atomic E-state index is 11.8. The fraction of sp³-hybridized carbons (Fsp3) is 0.714. The van der Waals surface area contributed by atoms with Gasteiger partial charge in [-0.25, -0.2) is 4.98 Å². The Bertz CT molecular complexity index is 509. The van der Waals surface area contributed by atoms with Crippen molar-refractivity contribution in [3.8, 4) is 0 Å². The topological polar surface area (TPSA) is 67.0 Å². The van der Waals surface area contributed by atoms with Gasteiger partial charge in [0.1, 0.15) is 5.82 Å². The van der Waals surface area contributed by atoms with Gasteiger partial charge in [-0.2, -0.15) is 11.8 Å². The highest BCUT2D eigenvalue weighted by atomic mass is 32.2. The Morgan fingerprint density at radius 2 is 2.29 bits per heavy atom. The maximum Gasteiger partial charge on any atom is 0.251 e. The molecule has 1 aromatic heterocycles. The second-order valence-electron chi connectivity index (χ2n) is 5.16. The van der Waals surface area contributed by atoms with E-state index in [0.29, 0.717) is 23.7 Å². The van der Waals surface area contributed by atoms with E-state index in [1.54, 1.807) is 13.2 Å². The third-order valence-corrected chi connectivity index (χ3v) is 6.86. The van der Waals surface area contributed by atoms with E-state index in [0.717, 1.165) is 23.8 Å². The Balaban J connectivity index is 2.03. The van der Waals surface area contributed by atoms with Crippen molar-refractivity contribution in [2.24, 2.45) is 0 Å². The number of aromatic nitrogens is 2. The second-order valence-corrected chi connectivity index (χ2v) is 8.15. The predicted octanol–water partition coefficient (Wildman–Crippen LogP) is 1.80. The number of hydrogen-bond donors (Lipinski definition) is 2. The zero-order valence-electron chi connectivity index (χ0n) is 12.7. The van der Waals surface area contributed by atoms with Crippen molar-refractivity contribution >= 4 is 23.5 Å². The molecule has 21 heavy (non-hydrogen) atoms. The monoisotopic (exact) mass is 329 g/mol. The van der Waals surface area contributed by atoms with Gasteiger partial charge in [-0.1, -0.05) is 13.8 Å². The molecule has 0 amide bonds. The lowest BCUT2D eigenvalue weighted by atomic mass is 10.3. The summed E-state index contributed by atoms with van der Waals surface area (Å²) in [5, 5.41) is 4.72. The van der Waals surface area contributed by atoms with Crippen LogP contribution < -0.4 is 10.9 Å². The first-order valence-electron chi connectivity index (χ1n) is 7.17. The number of rotatable bonds is 6. The van der Waals surface area contributed by atoms with Crippen LogP contribution in [0.1, 0.15) is 30.6 Å². The second kappa shape index (κ2) is 8.22. The third-order valence-electron chi connectivity index (χ3n) is 3.46. The molecule has 2 rings (SSSR count). The van der Waals surface area contributed by atoms with Crippen LogP contribution in [0, 0.1) is 0 Å². The Labute approximate surface area is 134 Å². The molecule has 0 spiro atoms. The van der Waals surface area contributed by atoms with Crippen molar-refractivity contribution in [2.75, 3.05) is 26.0 Å². The lowest BCUT2D eigenvalue weighted by Crippen LogP contribution is -2.26. The molecule has 2 N–H and O–H groups in total. The van der Waals surface area contributed by atoms with E-state index >= 15 is 0 Å². The summed E-state index contributed by atoms with van der Waals surface area (Å²) < 4.78 is 4.99. The molecule has 0 bridgehead atoms. The number of thioether (sulfide) groups is 2. The quantitative estimate of drug-likeness (QED) is 0.776. The van der Waals surface area contributed by atoms with Gasteiger partial charge in [0.05, 0.1) is 17.6 Å². The van der Waals surface area contributed by atoms with Crippen molar-refractivity contribution < 1.29 is 4.74 Å². The zero-order valence-corrected chi connectivity index (χ0v) is 14.4. The molecule has 3 atom stereocenters. The molecule has 5 nitrogen and oxygen atoms in total. The van der Waals surface area contributed by atoms with E-state index in [1.165, 1.54) is 0 Å². The summed E-state index contributed by atoms with van der Waals surface area (Å²) >= 11 is 3.85. The molecular weight excluding hydrogens is 306 g/mol. The minimum absolute atomic E-state index is 0.0691. The van der Waals surface area contributed by atoms with Gasteiger partial charge < -0.3 is 15.0 Å². The first kappa shape index (κ1) is 16.9. The normalized spacial score (nSPS) is 26.0. The average molecular weight is 329 g/mol. The lowest BCUT2D eigenvalue weighted by molar-refractivity contribution is 0.199. The molecule has 118 valence electrons. The van der Waals surface area contributed by atoms with E-state index in [1.807, 2.05) is 23.5 Å². The van der Waals surface area contributed by atoms with Crippen LogP contribution in [-0.4, -0.2) is 46.5 Å². The van der Waals surface area contributed by atoms with Crippen molar-refractivity contribution in [1.82, 2.24) is 15.3 Å². The van der Waals surface area contributed by atoms with E-state index in [9.17, 15) is 4.79 Å². The average Bonchev–Trinajstić information content (AvgIpc) is 2.46. The molecule has 0 aromatic carbocycles. The van der Waals surface area contributed by atoms with E-state index in [4.69, 9.17) is 4.74 Å². The van der Waals surface area contributed by atoms with Gasteiger partial charge in [-0.15, -0.1) is 11.8 Å². The summed E-state index contributed by atoms with van der Waals surface area (Å²) in [6.45, 7) is 6.49. The standard InChI is InChI=1S/C14H23N3O2S2/c1-9-10(2)21-12(8-20-9)14-16-11(6-13(18)17-14)7-15-4-5-19-3/h6,9-10,12,15H,4-5,7-8H2,1-3H3,(H,16,17,18). The Morgan fingerprint density at radius 1 is 1.48 bits per heavy atom. The van der Waals surface area contributed by atoms with Crippen LogP contribution in [-0.2, 0) is 11.3 Å². The minimum Gasteiger partial charge on any atom is -0.383 e. The summed E-state index contributed by atoms with van der Waals surface area (Å²) in [5.41, 5.74) is 0.724. The van der Waals surface area contributed by atoms with Gasteiger partial charge in [0.25, 0.3) is 5.56 Å². The lowest BCUT2D eigenvalue weighted by Gasteiger charge is -2.30. The van der Waals surface area contributed by atoms with Gasteiger partial charge in [-0.05, 0) is 0 Å².